The second kappa shape index (κ2) is 7.83. The van der Waals surface area contributed by atoms with Gasteiger partial charge in [-0.25, -0.2) is 4.63 Å². The summed E-state index contributed by atoms with van der Waals surface area (Å²) >= 11 is 0. The number of anilines is 2. The molecule has 1 fully saturated rings. The Kier molecular flexibility index (Phi) is 5.08. The van der Waals surface area contributed by atoms with Crippen molar-refractivity contribution in [1.29, 1.82) is 0 Å². The van der Waals surface area contributed by atoms with E-state index in [1.54, 1.807) is 13.0 Å². The summed E-state index contributed by atoms with van der Waals surface area (Å²) in [6.45, 7) is 4.65. The lowest BCUT2D eigenvalue weighted by Crippen LogP contribution is -2.36. The van der Waals surface area contributed by atoms with Gasteiger partial charge in [0.05, 0.1) is 42.0 Å². The number of aromatic nitrogens is 4. The van der Waals surface area contributed by atoms with Crippen molar-refractivity contribution in [2.45, 2.75) is 13.5 Å². The van der Waals surface area contributed by atoms with Crippen molar-refractivity contribution < 1.29 is 19.1 Å². The van der Waals surface area contributed by atoms with Crippen LogP contribution >= 0.6 is 0 Å². The molecule has 152 valence electrons. The fraction of sp³-hybridized carbons (Fsp3) is 0.412. The third-order valence-electron chi connectivity index (χ3n) is 4.74. The third-order valence-corrected chi connectivity index (χ3v) is 4.74. The van der Waals surface area contributed by atoms with Crippen LogP contribution in [-0.2, 0) is 16.1 Å². The van der Waals surface area contributed by atoms with Crippen molar-refractivity contribution in [2.75, 3.05) is 36.5 Å². The Morgan fingerprint density at radius 2 is 2.07 bits per heavy atom. The van der Waals surface area contributed by atoms with Gasteiger partial charge in [0.1, 0.15) is 12.4 Å². The van der Waals surface area contributed by atoms with Gasteiger partial charge < -0.3 is 15.0 Å². The van der Waals surface area contributed by atoms with Gasteiger partial charge in [-0.15, -0.1) is 0 Å². The van der Waals surface area contributed by atoms with E-state index in [0.29, 0.717) is 29.9 Å². The van der Waals surface area contributed by atoms with Gasteiger partial charge in [0.2, 0.25) is 5.91 Å². The zero-order chi connectivity index (χ0) is 20.4. The minimum Gasteiger partial charge on any atom is -0.378 e. The molecule has 1 saturated heterocycles. The van der Waals surface area contributed by atoms with Crippen molar-refractivity contribution in [3.8, 4) is 0 Å². The number of nitrogens with one attached hydrogen (secondary N) is 1. The van der Waals surface area contributed by atoms with E-state index in [9.17, 15) is 14.9 Å². The summed E-state index contributed by atoms with van der Waals surface area (Å²) in [6.07, 6.45) is 2.44. The van der Waals surface area contributed by atoms with E-state index in [1.807, 2.05) is 6.07 Å². The molecule has 0 unspecified atom stereocenters. The molecule has 0 spiro atoms. The number of carbonyl (C=O) groups excluding carboxylic acids is 1. The van der Waals surface area contributed by atoms with Gasteiger partial charge in [-0.05, 0) is 22.4 Å². The molecule has 1 aliphatic heterocycles. The highest BCUT2D eigenvalue weighted by atomic mass is 16.6. The molecular weight excluding hydrogens is 382 g/mol. The van der Waals surface area contributed by atoms with Crippen molar-refractivity contribution in [3.05, 3.63) is 34.6 Å². The van der Waals surface area contributed by atoms with E-state index in [2.05, 4.69) is 25.6 Å². The van der Waals surface area contributed by atoms with E-state index in [0.717, 1.165) is 25.0 Å². The standard InChI is InChI=1S/C17H19N7O5/c1-11(9-23-10-12(8-18-23)24(26)27)17(25)19-13-2-3-14(16-15(13)20-29-21-16)22-4-6-28-7-5-22/h2-3,8,10-11H,4-7,9H2,1H3,(H,19,25)/t11-/m0/s1. The smallest absolute Gasteiger partial charge is 0.306 e. The lowest BCUT2D eigenvalue weighted by molar-refractivity contribution is -0.385. The molecule has 0 saturated carbocycles. The molecule has 12 heteroatoms. The number of nitrogens with zero attached hydrogens (tertiary/aromatic N) is 6. The topological polar surface area (TPSA) is 141 Å². The molecule has 1 amide bonds. The molecular formula is C17H19N7O5. The summed E-state index contributed by atoms with van der Waals surface area (Å²) in [5.74, 6) is -0.755. The number of amides is 1. The minimum atomic E-state index is -0.529. The molecule has 0 radical (unpaired) electrons. The first-order valence-corrected chi connectivity index (χ1v) is 9.08. The SMILES string of the molecule is C[C@@H](Cn1cc([N+](=O)[O-])cn1)C(=O)Nc1ccc(N2CCOCC2)c2nonc12. The van der Waals surface area contributed by atoms with E-state index in [1.165, 1.54) is 10.9 Å². The molecule has 29 heavy (non-hydrogen) atoms. The fourth-order valence-corrected chi connectivity index (χ4v) is 3.18. The number of fused-ring (bicyclic) bond motifs is 1. The zero-order valence-corrected chi connectivity index (χ0v) is 15.6. The summed E-state index contributed by atoms with van der Waals surface area (Å²) in [6, 6.07) is 3.63. The van der Waals surface area contributed by atoms with Crippen LogP contribution in [0.25, 0.3) is 11.0 Å². The Labute approximate surface area is 164 Å². The van der Waals surface area contributed by atoms with Gasteiger partial charge in [-0.3, -0.25) is 19.6 Å². The van der Waals surface area contributed by atoms with Crippen molar-refractivity contribution in [2.24, 2.45) is 5.92 Å². The van der Waals surface area contributed by atoms with E-state index < -0.39 is 10.8 Å². The second-order valence-corrected chi connectivity index (χ2v) is 6.76. The van der Waals surface area contributed by atoms with Crippen LogP contribution in [0.5, 0.6) is 0 Å². The van der Waals surface area contributed by atoms with E-state index >= 15 is 0 Å². The highest BCUT2D eigenvalue weighted by Crippen LogP contribution is 2.30. The lowest BCUT2D eigenvalue weighted by Gasteiger charge is -2.28. The van der Waals surface area contributed by atoms with Gasteiger partial charge in [-0.1, -0.05) is 6.92 Å². The molecule has 0 bridgehead atoms. The van der Waals surface area contributed by atoms with Gasteiger partial charge in [0.25, 0.3) is 0 Å². The maximum atomic E-state index is 12.6. The van der Waals surface area contributed by atoms with Crippen LogP contribution in [0.1, 0.15) is 6.92 Å². The normalized spacial score (nSPS) is 15.4. The summed E-state index contributed by atoms with van der Waals surface area (Å²) in [4.78, 5) is 25.0. The summed E-state index contributed by atoms with van der Waals surface area (Å²) < 4.78 is 11.7. The molecule has 12 nitrogen and oxygen atoms in total. The van der Waals surface area contributed by atoms with E-state index in [4.69, 9.17) is 9.37 Å². The number of rotatable bonds is 6. The van der Waals surface area contributed by atoms with Crippen LogP contribution in [0.3, 0.4) is 0 Å². The highest BCUT2D eigenvalue weighted by molar-refractivity contribution is 6.03. The van der Waals surface area contributed by atoms with E-state index in [-0.39, 0.29) is 18.1 Å². The molecule has 3 aromatic rings. The van der Waals surface area contributed by atoms with Gasteiger partial charge in [0.15, 0.2) is 11.0 Å². The van der Waals surface area contributed by atoms with Crippen LogP contribution in [0.15, 0.2) is 29.2 Å². The molecule has 1 atom stereocenters. The van der Waals surface area contributed by atoms with Crippen LogP contribution in [-0.4, -0.2) is 57.2 Å². The number of ether oxygens (including phenoxy) is 1. The number of nitro groups is 1. The molecule has 1 aliphatic rings. The van der Waals surface area contributed by atoms with Crippen molar-refractivity contribution in [3.63, 3.8) is 0 Å². The quantitative estimate of drug-likeness (QED) is 0.479. The summed E-state index contributed by atoms with van der Waals surface area (Å²) in [7, 11) is 0. The fourth-order valence-electron chi connectivity index (χ4n) is 3.18. The molecule has 1 aromatic carbocycles. The average molecular weight is 401 g/mol. The van der Waals surface area contributed by atoms with Crippen LogP contribution in [0.2, 0.25) is 0 Å². The third kappa shape index (κ3) is 3.87. The molecule has 3 heterocycles. The number of hydrogen-bond donors (Lipinski definition) is 1. The first-order valence-electron chi connectivity index (χ1n) is 9.08. The predicted octanol–water partition coefficient (Wildman–Crippen LogP) is 1.44. The van der Waals surface area contributed by atoms with Gasteiger partial charge in [-0.2, -0.15) is 5.10 Å². The first-order chi connectivity index (χ1) is 14.0. The Morgan fingerprint density at radius 3 is 2.79 bits per heavy atom. The largest absolute Gasteiger partial charge is 0.378 e. The maximum Gasteiger partial charge on any atom is 0.306 e. The zero-order valence-electron chi connectivity index (χ0n) is 15.6. The Bertz CT molecular complexity index is 1040. The van der Waals surface area contributed by atoms with Crippen LogP contribution < -0.4 is 10.2 Å². The molecule has 4 rings (SSSR count). The van der Waals surface area contributed by atoms with Crippen LogP contribution in [0.4, 0.5) is 17.1 Å². The van der Waals surface area contributed by atoms with Crippen LogP contribution in [0, 0.1) is 16.0 Å². The number of hydrogen-bond acceptors (Lipinski definition) is 9. The number of carbonyl (C=O) groups is 1. The van der Waals surface area contributed by atoms with Gasteiger partial charge >= 0.3 is 5.69 Å². The Hall–Kier alpha value is -3.54. The number of benzene rings is 1. The monoisotopic (exact) mass is 401 g/mol. The Morgan fingerprint density at radius 1 is 1.31 bits per heavy atom. The first kappa shape index (κ1) is 18.8. The number of morpholine rings is 1. The summed E-state index contributed by atoms with van der Waals surface area (Å²) in [5.41, 5.74) is 2.28. The molecule has 0 aliphatic carbocycles. The van der Waals surface area contributed by atoms with Gasteiger partial charge in [0, 0.05) is 13.1 Å². The second-order valence-electron chi connectivity index (χ2n) is 6.76. The summed E-state index contributed by atoms with van der Waals surface area (Å²) in [5, 5.41) is 25.4. The van der Waals surface area contributed by atoms with Crippen molar-refractivity contribution in [1.82, 2.24) is 20.1 Å². The molecule has 1 N–H and O–H groups in total. The maximum absolute atomic E-state index is 12.6. The average Bonchev–Trinajstić information content (AvgIpc) is 3.39. The van der Waals surface area contributed by atoms with Crippen molar-refractivity contribution >= 4 is 34.0 Å². The minimum absolute atomic E-state index is 0.119. The molecule has 2 aromatic heterocycles. The highest BCUT2D eigenvalue weighted by Gasteiger charge is 2.22. The predicted molar refractivity (Wildman–Crippen MR) is 102 cm³/mol. The Balaban J connectivity index is 1.49. The lowest BCUT2D eigenvalue weighted by atomic mass is 10.1.